The van der Waals surface area contributed by atoms with Crippen molar-refractivity contribution >= 4 is 23.7 Å². The Morgan fingerprint density at radius 3 is 2.61 bits per heavy atom. The number of aromatic nitrogens is 7. The van der Waals surface area contributed by atoms with Crippen LogP contribution in [0.3, 0.4) is 0 Å². The SMILES string of the molecule is COCC(Nc1nc(Nc2cc(C)[nH]n2)nc(N2CCOCC2)n1)c1ncc(F)cn1. The lowest BCUT2D eigenvalue weighted by molar-refractivity contribution is 0.122. The van der Waals surface area contributed by atoms with Crippen LogP contribution in [0.5, 0.6) is 0 Å². The lowest BCUT2D eigenvalue weighted by Gasteiger charge is -2.27. The van der Waals surface area contributed by atoms with Crippen LogP contribution in [0.1, 0.15) is 17.6 Å². The van der Waals surface area contributed by atoms with Crippen molar-refractivity contribution in [1.29, 1.82) is 0 Å². The van der Waals surface area contributed by atoms with E-state index in [9.17, 15) is 4.39 Å². The summed E-state index contributed by atoms with van der Waals surface area (Å²) < 4.78 is 23.9. The Balaban J connectivity index is 1.63. The summed E-state index contributed by atoms with van der Waals surface area (Å²) in [5.74, 6) is 1.53. The molecule has 1 fully saturated rings. The molecule has 0 amide bonds. The van der Waals surface area contributed by atoms with Gasteiger partial charge in [-0.2, -0.15) is 20.1 Å². The highest BCUT2D eigenvalue weighted by Gasteiger charge is 2.20. The van der Waals surface area contributed by atoms with E-state index in [1.807, 2.05) is 17.9 Å². The number of anilines is 4. The van der Waals surface area contributed by atoms with Crippen LogP contribution in [-0.4, -0.2) is 75.1 Å². The van der Waals surface area contributed by atoms with Crippen molar-refractivity contribution < 1.29 is 13.9 Å². The van der Waals surface area contributed by atoms with Crippen molar-refractivity contribution in [1.82, 2.24) is 35.1 Å². The molecular weight excluding hydrogens is 407 g/mol. The lowest BCUT2D eigenvalue weighted by atomic mass is 10.3. The molecule has 31 heavy (non-hydrogen) atoms. The zero-order valence-corrected chi connectivity index (χ0v) is 17.2. The molecule has 0 aromatic carbocycles. The fourth-order valence-electron chi connectivity index (χ4n) is 2.99. The van der Waals surface area contributed by atoms with Crippen LogP contribution in [0, 0.1) is 12.7 Å². The number of methoxy groups -OCH3 is 1. The third-order valence-corrected chi connectivity index (χ3v) is 4.45. The van der Waals surface area contributed by atoms with E-state index >= 15 is 0 Å². The van der Waals surface area contributed by atoms with E-state index in [0.717, 1.165) is 18.1 Å². The van der Waals surface area contributed by atoms with Crippen LogP contribution < -0.4 is 15.5 Å². The number of aryl methyl sites for hydroxylation is 1. The molecule has 1 unspecified atom stereocenters. The first-order valence-corrected chi connectivity index (χ1v) is 9.71. The van der Waals surface area contributed by atoms with Gasteiger partial charge in [0.15, 0.2) is 17.5 Å². The Morgan fingerprint density at radius 2 is 1.94 bits per heavy atom. The topological polar surface area (TPSA) is 139 Å². The molecule has 1 aliphatic heterocycles. The molecule has 12 nitrogen and oxygen atoms in total. The van der Waals surface area contributed by atoms with Crippen LogP contribution in [0.4, 0.5) is 28.1 Å². The summed E-state index contributed by atoms with van der Waals surface area (Å²) in [6.07, 6.45) is 2.21. The maximum absolute atomic E-state index is 13.2. The van der Waals surface area contributed by atoms with E-state index in [1.165, 1.54) is 0 Å². The van der Waals surface area contributed by atoms with E-state index in [0.29, 0.717) is 55.8 Å². The monoisotopic (exact) mass is 430 g/mol. The normalized spacial score (nSPS) is 15.0. The van der Waals surface area contributed by atoms with Gasteiger partial charge in [-0.15, -0.1) is 0 Å². The highest BCUT2D eigenvalue weighted by Crippen LogP contribution is 2.21. The lowest BCUT2D eigenvalue weighted by Crippen LogP contribution is -2.37. The van der Waals surface area contributed by atoms with E-state index < -0.39 is 11.9 Å². The second-order valence-electron chi connectivity index (χ2n) is 6.85. The third kappa shape index (κ3) is 5.38. The standard InChI is InChI=1S/C18H23FN10O2/c1-11-7-14(28-27-11)23-17-24-16(25-18(26-17)29-3-5-31-6-4-29)22-13(10-30-2)15-20-8-12(19)9-21-15/h7-9,13H,3-6,10H2,1-2H3,(H3,22,23,24,25,26,27,28). The van der Waals surface area contributed by atoms with Gasteiger partial charge in [-0.05, 0) is 6.92 Å². The zero-order chi connectivity index (χ0) is 21.6. The predicted octanol–water partition coefficient (Wildman–Crippen LogP) is 1.21. The van der Waals surface area contributed by atoms with Crippen molar-refractivity contribution in [2.45, 2.75) is 13.0 Å². The van der Waals surface area contributed by atoms with E-state index in [-0.39, 0.29) is 6.61 Å². The fourth-order valence-corrected chi connectivity index (χ4v) is 2.99. The van der Waals surface area contributed by atoms with Crippen LogP contribution in [-0.2, 0) is 9.47 Å². The Kier molecular flexibility index (Phi) is 6.43. The van der Waals surface area contributed by atoms with Gasteiger partial charge < -0.3 is 25.0 Å². The predicted molar refractivity (Wildman–Crippen MR) is 110 cm³/mol. The molecule has 1 aliphatic rings. The highest BCUT2D eigenvalue weighted by atomic mass is 19.1. The summed E-state index contributed by atoms with van der Waals surface area (Å²) in [5.41, 5.74) is 0.900. The summed E-state index contributed by atoms with van der Waals surface area (Å²) in [6.45, 7) is 4.62. The van der Waals surface area contributed by atoms with Gasteiger partial charge in [-0.25, -0.2) is 14.4 Å². The molecule has 4 heterocycles. The van der Waals surface area contributed by atoms with Crippen molar-refractivity contribution in [2.24, 2.45) is 0 Å². The number of ether oxygens (including phenoxy) is 2. The molecule has 0 bridgehead atoms. The molecular formula is C18H23FN10O2. The summed E-state index contributed by atoms with van der Waals surface area (Å²) >= 11 is 0. The van der Waals surface area contributed by atoms with Gasteiger partial charge in [0.1, 0.15) is 6.04 Å². The number of aromatic amines is 1. The Hall–Kier alpha value is -3.45. The molecule has 13 heteroatoms. The molecule has 0 saturated carbocycles. The Labute approximate surface area is 177 Å². The quantitative estimate of drug-likeness (QED) is 0.475. The van der Waals surface area contributed by atoms with Crippen molar-refractivity contribution in [3.8, 4) is 0 Å². The van der Waals surface area contributed by atoms with Crippen molar-refractivity contribution in [3.05, 3.63) is 35.8 Å². The number of hydrogen-bond acceptors (Lipinski definition) is 11. The first-order chi connectivity index (χ1) is 15.1. The minimum Gasteiger partial charge on any atom is -0.382 e. The maximum Gasteiger partial charge on any atom is 0.235 e. The van der Waals surface area contributed by atoms with Crippen molar-refractivity contribution in [2.75, 3.05) is 55.6 Å². The molecule has 3 aromatic heterocycles. The van der Waals surface area contributed by atoms with Gasteiger partial charge in [0.05, 0.1) is 32.2 Å². The second kappa shape index (κ2) is 9.57. The minimum absolute atomic E-state index is 0.228. The number of rotatable bonds is 8. The molecule has 0 spiro atoms. The Morgan fingerprint density at radius 1 is 1.19 bits per heavy atom. The van der Waals surface area contributed by atoms with Crippen LogP contribution in [0.2, 0.25) is 0 Å². The molecule has 164 valence electrons. The summed E-state index contributed by atoms with van der Waals surface area (Å²) in [5, 5.41) is 13.3. The van der Waals surface area contributed by atoms with Gasteiger partial charge in [-0.1, -0.05) is 0 Å². The van der Waals surface area contributed by atoms with Crippen LogP contribution in [0.15, 0.2) is 18.5 Å². The molecule has 1 saturated heterocycles. The largest absolute Gasteiger partial charge is 0.382 e. The number of morpholine rings is 1. The zero-order valence-electron chi connectivity index (χ0n) is 17.2. The molecule has 0 aliphatic carbocycles. The average Bonchev–Trinajstić information content (AvgIpc) is 3.19. The molecule has 3 N–H and O–H groups in total. The van der Waals surface area contributed by atoms with Crippen molar-refractivity contribution in [3.63, 3.8) is 0 Å². The average molecular weight is 430 g/mol. The smallest absolute Gasteiger partial charge is 0.235 e. The van der Waals surface area contributed by atoms with Crippen LogP contribution in [0.25, 0.3) is 0 Å². The number of H-pyrrole nitrogens is 1. The van der Waals surface area contributed by atoms with Gasteiger partial charge in [0.2, 0.25) is 17.8 Å². The summed E-state index contributed by atoms with van der Waals surface area (Å²) in [6, 6.07) is 1.34. The second-order valence-corrected chi connectivity index (χ2v) is 6.85. The van der Waals surface area contributed by atoms with Gasteiger partial charge in [0, 0.05) is 32.0 Å². The number of nitrogens with zero attached hydrogens (tertiary/aromatic N) is 7. The molecule has 3 aromatic rings. The summed E-state index contributed by atoms with van der Waals surface area (Å²) in [4.78, 5) is 23.6. The molecule has 0 radical (unpaired) electrons. The first kappa shape index (κ1) is 20.8. The van der Waals surface area contributed by atoms with Gasteiger partial charge >= 0.3 is 0 Å². The highest BCUT2D eigenvalue weighted by molar-refractivity contribution is 5.52. The van der Waals surface area contributed by atoms with E-state index in [4.69, 9.17) is 9.47 Å². The Bertz CT molecular complexity index is 993. The maximum atomic E-state index is 13.2. The van der Waals surface area contributed by atoms with Crippen LogP contribution >= 0.6 is 0 Å². The van der Waals surface area contributed by atoms with Gasteiger partial charge in [-0.3, -0.25) is 5.10 Å². The van der Waals surface area contributed by atoms with E-state index in [1.54, 1.807) is 7.11 Å². The molecule has 4 rings (SSSR count). The van der Waals surface area contributed by atoms with E-state index in [2.05, 4.69) is 45.8 Å². The summed E-state index contributed by atoms with van der Waals surface area (Å²) in [7, 11) is 1.55. The number of nitrogens with one attached hydrogen (secondary N) is 3. The fraction of sp³-hybridized carbons (Fsp3) is 0.444. The first-order valence-electron chi connectivity index (χ1n) is 9.71. The number of halogens is 1. The van der Waals surface area contributed by atoms with Gasteiger partial charge in [0.25, 0.3) is 0 Å². The minimum atomic E-state index is -0.518. The molecule has 1 atom stereocenters. The third-order valence-electron chi connectivity index (χ3n) is 4.45. The number of hydrogen-bond donors (Lipinski definition) is 3.